The van der Waals surface area contributed by atoms with Crippen LogP contribution in [0.1, 0.15) is 18.0 Å². The molecule has 1 atom stereocenters. The molecule has 0 radical (unpaired) electrons. The first-order chi connectivity index (χ1) is 9.38. The Labute approximate surface area is 125 Å². The number of rotatable bonds is 3. The molecule has 1 fully saturated rings. The molecule has 1 saturated heterocycles. The second kappa shape index (κ2) is 6.47. The summed E-state index contributed by atoms with van der Waals surface area (Å²) >= 11 is 12.0. The summed E-state index contributed by atoms with van der Waals surface area (Å²) in [4.78, 5) is 5.55. The van der Waals surface area contributed by atoms with Crippen molar-refractivity contribution in [2.75, 3.05) is 26.2 Å². The number of piperazine rings is 1. The Morgan fingerprint density at radius 1 is 1.20 bits per heavy atom. The van der Waals surface area contributed by atoms with Gasteiger partial charge in [0.25, 0.3) is 0 Å². The lowest BCUT2D eigenvalue weighted by Crippen LogP contribution is -2.46. The molecule has 0 unspecified atom stereocenters. The molecule has 0 saturated carbocycles. The lowest BCUT2D eigenvalue weighted by Gasteiger charge is -2.36. The monoisotopic (exact) mass is 327 g/mol. The zero-order valence-electron chi connectivity index (χ0n) is 10.6. The fourth-order valence-corrected chi connectivity index (χ4v) is 2.98. The molecular formula is C12H14Cl2F3N3. The summed E-state index contributed by atoms with van der Waals surface area (Å²) in [5.74, 6) is 0. The van der Waals surface area contributed by atoms with Crippen LogP contribution in [-0.2, 0) is 0 Å². The van der Waals surface area contributed by atoms with Gasteiger partial charge in [0.1, 0.15) is 0 Å². The summed E-state index contributed by atoms with van der Waals surface area (Å²) in [7, 11) is 0. The van der Waals surface area contributed by atoms with E-state index in [1.54, 1.807) is 4.90 Å². The molecule has 2 rings (SSSR count). The highest BCUT2D eigenvalue weighted by Crippen LogP contribution is 2.39. The second-order valence-corrected chi connectivity index (χ2v) is 5.45. The molecule has 1 aromatic rings. The average Bonchev–Trinajstić information content (AvgIpc) is 2.37. The van der Waals surface area contributed by atoms with Gasteiger partial charge in [-0.1, -0.05) is 23.2 Å². The highest BCUT2D eigenvalue weighted by molar-refractivity contribution is 6.35. The lowest BCUT2D eigenvalue weighted by atomic mass is 10.0. The Balaban J connectivity index is 2.34. The number of nitrogens with one attached hydrogen (secondary N) is 1. The van der Waals surface area contributed by atoms with Crippen LogP contribution < -0.4 is 5.32 Å². The maximum atomic E-state index is 12.9. The molecule has 3 nitrogen and oxygen atoms in total. The fourth-order valence-electron chi connectivity index (χ4n) is 2.37. The first-order valence-corrected chi connectivity index (χ1v) is 6.94. The van der Waals surface area contributed by atoms with Gasteiger partial charge in [0, 0.05) is 50.2 Å². The Bertz CT molecular complexity index is 442. The van der Waals surface area contributed by atoms with E-state index in [-0.39, 0.29) is 10.0 Å². The highest BCUT2D eigenvalue weighted by atomic mass is 35.5. The Morgan fingerprint density at radius 2 is 1.75 bits per heavy atom. The van der Waals surface area contributed by atoms with Crippen LogP contribution in [0.5, 0.6) is 0 Å². The van der Waals surface area contributed by atoms with Crippen LogP contribution in [0.25, 0.3) is 0 Å². The van der Waals surface area contributed by atoms with Crippen molar-refractivity contribution in [1.82, 2.24) is 15.2 Å². The van der Waals surface area contributed by atoms with Crippen molar-refractivity contribution in [3.8, 4) is 0 Å². The number of pyridine rings is 1. The molecule has 0 aliphatic carbocycles. The largest absolute Gasteiger partial charge is 0.390 e. The Hall–Kier alpha value is -0.560. The van der Waals surface area contributed by atoms with E-state index < -0.39 is 18.6 Å². The molecule has 1 aliphatic heterocycles. The van der Waals surface area contributed by atoms with Gasteiger partial charge in [0.15, 0.2) is 0 Å². The van der Waals surface area contributed by atoms with E-state index in [0.717, 1.165) is 0 Å². The molecular weight excluding hydrogens is 314 g/mol. The Morgan fingerprint density at radius 3 is 2.25 bits per heavy atom. The molecule has 0 aromatic carbocycles. The first kappa shape index (κ1) is 15.8. The first-order valence-electron chi connectivity index (χ1n) is 6.19. The van der Waals surface area contributed by atoms with Crippen LogP contribution in [0.2, 0.25) is 10.0 Å². The fraction of sp³-hybridized carbons (Fsp3) is 0.583. The predicted octanol–water partition coefficient (Wildman–Crippen LogP) is 3.29. The van der Waals surface area contributed by atoms with Gasteiger partial charge in [0.05, 0.1) is 16.5 Å². The van der Waals surface area contributed by atoms with Crippen LogP contribution in [0, 0.1) is 0 Å². The maximum absolute atomic E-state index is 12.9. The van der Waals surface area contributed by atoms with E-state index in [0.29, 0.717) is 31.7 Å². The molecule has 2 heterocycles. The summed E-state index contributed by atoms with van der Waals surface area (Å²) in [6.07, 6.45) is -2.61. The van der Waals surface area contributed by atoms with E-state index in [4.69, 9.17) is 23.2 Å². The van der Waals surface area contributed by atoms with Crippen molar-refractivity contribution in [1.29, 1.82) is 0 Å². The number of alkyl halides is 3. The van der Waals surface area contributed by atoms with E-state index in [1.165, 1.54) is 12.4 Å². The minimum Gasteiger partial charge on any atom is -0.314 e. The SMILES string of the molecule is FC(F)(F)C[C@@H](c1c(Cl)cncc1Cl)N1CCNCC1. The van der Waals surface area contributed by atoms with Gasteiger partial charge in [-0.2, -0.15) is 13.2 Å². The van der Waals surface area contributed by atoms with Crippen LogP contribution in [0.15, 0.2) is 12.4 Å². The van der Waals surface area contributed by atoms with Gasteiger partial charge in [-0.25, -0.2) is 0 Å². The van der Waals surface area contributed by atoms with Crippen molar-refractivity contribution < 1.29 is 13.2 Å². The van der Waals surface area contributed by atoms with Crippen LogP contribution in [0.4, 0.5) is 13.2 Å². The number of nitrogens with zero attached hydrogens (tertiary/aromatic N) is 2. The third kappa shape index (κ3) is 3.97. The predicted molar refractivity (Wildman–Crippen MR) is 72.1 cm³/mol. The summed E-state index contributed by atoms with van der Waals surface area (Å²) in [6, 6.07) is -0.875. The van der Waals surface area contributed by atoms with Gasteiger partial charge >= 0.3 is 6.18 Å². The molecule has 8 heteroatoms. The quantitative estimate of drug-likeness (QED) is 0.923. The molecule has 0 amide bonds. The normalized spacial score (nSPS) is 19.1. The minimum absolute atomic E-state index is 0.172. The van der Waals surface area contributed by atoms with Crippen molar-refractivity contribution >= 4 is 23.2 Å². The lowest BCUT2D eigenvalue weighted by molar-refractivity contribution is -0.148. The third-order valence-corrected chi connectivity index (χ3v) is 3.84. The van der Waals surface area contributed by atoms with Crippen molar-refractivity contribution in [2.24, 2.45) is 0 Å². The second-order valence-electron chi connectivity index (χ2n) is 4.64. The van der Waals surface area contributed by atoms with E-state index in [2.05, 4.69) is 10.3 Å². The van der Waals surface area contributed by atoms with Gasteiger partial charge < -0.3 is 5.32 Å². The standard InChI is InChI=1S/C12H14Cl2F3N3/c13-8-6-19-7-9(14)11(8)10(5-12(15,16)17)20-3-1-18-2-4-20/h6-7,10,18H,1-5H2/t10-/m0/s1. The van der Waals surface area contributed by atoms with Crippen molar-refractivity contribution in [3.05, 3.63) is 28.0 Å². The third-order valence-electron chi connectivity index (χ3n) is 3.24. The van der Waals surface area contributed by atoms with Gasteiger partial charge in [-0.3, -0.25) is 9.88 Å². The summed E-state index contributed by atoms with van der Waals surface area (Å²) in [5, 5.41) is 3.45. The van der Waals surface area contributed by atoms with E-state index >= 15 is 0 Å². The smallest absolute Gasteiger partial charge is 0.314 e. The van der Waals surface area contributed by atoms with Gasteiger partial charge in [-0.05, 0) is 0 Å². The number of hydrogen-bond acceptors (Lipinski definition) is 3. The molecule has 1 aliphatic rings. The van der Waals surface area contributed by atoms with E-state index in [1.807, 2.05) is 0 Å². The minimum atomic E-state index is -4.29. The zero-order valence-corrected chi connectivity index (χ0v) is 12.1. The highest BCUT2D eigenvalue weighted by Gasteiger charge is 2.37. The maximum Gasteiger partial charge on any atom is 0.390 e. The number of hydrogen-bond donors (Lipinski definition) is 1. The van der Waals surface area contributed by atoms with Crippen molar-refractivity contribution in [2.45, 2.75) is 18.6 Å². The molecule has 1 aromatic heterocycles. The van der Waals surface area contributed by atoms with E-state index in [9.17, 15) is 13.2 Å². The van der Waals surface area contributed by atoms with Crippen LogP contribution in [-0.4, -0.2) is 42.2 Å². The number of aromatic nitrogens is 1. The zero-order chi connectivity index (χ0) is 14.8. The summed E-state index contributed by atoms with van der Waals surface area (Å²) < 4.78 is 38.6. The topological polar surface area (TPSA) is 28.2 Å². The van der Waals surface area contributed by atoms with Crippen molar-refractivity contribution in [3.63, 3.8) is 0 Å². The van der Waals surface area contributed by atoms with Gasteiger partial charge in [-0.15, -0.1) is 0 Å². The molecule has 20 heavy (non-hydrogen) atoms. The Kier molecular flexibility index (Phi) is 5.12. The molecule has 112 valence electrons. The van der Waals surface area contributed by atoms with Crippen LogP contribution in [0.3, 0.4) is 0 Å². The molecule has 0 spiro atoms. The van der Waals surface area contributed by atoms with Crippen LogP contribution >= 0.6 is 23.2 Å². The summed E-state index contributed by atoms with van der Waals surface area (Å²) in [5.41, 5.74) is 0.308. The molecule has 1 N–H and O–H groups in total. The average molecular weight is 328 g/mol. The summed E-state index contributed by atoms with van der Waals surface area (Å²) in [6.45, 7) is 2.34. The molecule has 0 bridgehead atoms. The van der Waals surface area contributed by atoms with Gasteiger partial charge in [0.2, 0.25) is 0 Å². The number of halogens is 5.